The Kier molecular flexibility index (Phi) is 4.33. The number of hydrogen-bond acceptors (Lipinski definition) is 0. The number of quaternary nitrogens is 1. The quantitative estimate of drug-likeness (QED) is 0.708. The molecule has 0 aromatic carbocycles. The van der Waals surface area contributed by atoms with E-state index in [1.807, 2.05) is 4.90 Å². The van der Waals surface area contributed by atoms with Crippen LogP contribution in [0.2, 0.25) is 0 Å². The van der Waals surface area contributed by atoms with Gasteiger partial charge in [-0.2, -0.15) is 0 Å². The fourth-order valence-corrected chi connectivity index (χ4v) is 4.08. The Labute approximate surface area is 99.2 Å². The molecule has 0 amide bonds. The number of rotatable bonds is 4. The smallest absolute Gasteiger partial charge is 0.102 e. The summed E-state index contributed by atoms with van der Waals surface area (Å²) < 4.78 is 0. The van der Waals surface area contributed by atoms with Crippen molar-refractivity contribution in [3.8, 4) is 0 Å². The molecule has 2 fully saturated rings. The maximum Gasteiger partial charge on any atom is 0.102 e. The number of alkyl halides is 1. The normalized spacial score (nSPS) is 40.4. The Balaban J connectivity index is 1.95. The van der Waals surface area contributed by atoms with Crippen LogP contribution in [0.3, 0.4) is 0 Å². The second kappa shape index (κ2) is 5.54. The number of unbranched alkanes of at least 4 members (excludes halogenated alkanes) is 1. The predicted octanol–water partition coefficient (Wildman–Crippen LogP) is 2.38. The van der Waals surface area contributed by atoms with Crippen molar-refractivity contribution in [1.82, 2.24) is 0 Å². The highest BCUT2D eigenvalue weighted by molar-refractivity contribution is 6.18. The SMILES string of the molecule is CCCC[C@@H]1CC[C@@H]2CCC[C@H](CCl)[NH+]12. The molecule has 0 aromatic heterocycles. The molecule has 2 rings (SSSR count). The molecule has 0 aromatic rings. The van der Waals surface area contributed by atoms with Gasteiger partial charge in [0.1, 0.15) is 6.04 Å². The summed E-state index contributed by atoms with van der Waals surface area (Å²) in [6.07, 6.45) is 11.4. The summed E-state index contributed by atoms with van der Waals surface area (Å²) in [5.41, 5.74) is 0. The van der Waals surface area contributed by atoms with Crippen molar-refractivity contribution in [2.45, 2.75) is 76.4 Å². The first-order valence-corrected chi connectivity index (χ1v) is 7.32. The number of hydrogen-bond donors (Lipinski definition) is 1. The first-order valence-electron chi connectivity index (χ1n) is 6.79. The molecule has 2 heterocycles. The van der Waals surface area contributed by atoms with Crippen LogP contribution in [0.5, 0.6) is 0 Å². The van der Waals surface area contributed by atoms with Gasteiger partial charge in [-0.15, -0.1) is 11.6 Å². The molecule has 0 spiro atoms. The van der Waals surface area contributed by atoms with Crippen LogP contribution >= 0.6 is 11.6 Å². The van der Waals surface area contributed by atoms with Crippen LogP contribution in [0.4, 0.5) is 0 Å². The molecular weight excluding hydrogens is 206 g/mol. The minimum Gasteiger partial charge on any atom is -0.327 e. The van der Waals surface area contributed by atoms with E-state index >= 15 is 0 Å². The Morgan fingerprint density at radius 1 is 1.13 bits per heavy atom. The third-order valence-corrected chi connectivity index (χ3v) is 4.85. The van der Waals surface area contributed by atoms with Crippen molar-refractivity contribution in [1.29, 1.82) is 0 Å². The summed E-state index contributed by atoms with van der Waals surface area (Å²) in [7, 11) is 0. The van der Waals surface area contributed by atoms with Crippen molar-refractivity contribution >= 4 is 11.6 Å². The fraction of sp³-hybridized carbons (Fsp3) is 1.00. The van der Waals surface area contributed by atoms with Crippen molar-refractivity contribution in [2.24, 2.45) is 0 Å². The van der Waals surface area contributed by atoms with E-state index in [4.69, 9.17) is 11.6 Å². The largest absolute Gasteiger partial charge is 0.327 e. The van der Waals surface area contributed by atoms with Crippen molar-refractivity contribution in [3.63, 3.8) is 0 Å². The minimum atomic E-state index is 0.773. The van der Waals surface area contributed by atoms with Gasteiger partial charge in [0.25, 0.3) is 0 Å². The molecule has 2 heteroatoms. The van der Waals surface area contributed by atoms with Crippen LogP contribution < -0.4 is 4.90 Å². The van der Waals surface area contributed by atoms with Crippen LogP contribution in [0.1, 0.15) is 58.3 Å². The summed E-state index contributed by atoms with van der Waals surface area (Å²) in [4.78, 5) is 1.89. The lowest BCUT2D eigenvalue weighted by Crippen LogP contribution is -3.21. The molecular formula is C13H25ClN+. The van der Waals surface area contributed by atoms with Crippen LogP contribution in [0, 0.1) is 0 Å². The lowest BCUT2D eigenvalue weighted by Gasteiger charge is -2.37. The van der Waals surface area contributed by atoms with Gasteiger partial charge in [-0.25, -0.2) is 0 Å². The first-order chi connectivity index (χ1) is 7.36. The summed E-state index contributed by atoms with van der Waals surface area (Å²) in [6, 6.07) is 2.68. The third kappa shape index (κ3) is 2.50. The maximum atomic E-state index is 6.13. The number of halogens is 1. The topological polar surface area (TPSA) is 4.44 Å². The van der Waals surface area contributed by atoms with E-state index in [2.05, 4.69) is 6.92 Å². The predicted molar refractivity (Wildman–Crippen MR) is 65.7 cm³/mol. The van der Waals surface area contributed by atoms with Gasteiger partial charge >= 0.3 is 0 Å². The zero-order valence-corrected chi connectivity index (χ0v) is 10.7. The molecule has 0 radical (unpaired) electrons. The molecule has 15 heavy (non-hydrogen) atoms. The molecule has 4 atom stereocenters. The van der Waals surface area contributed by atoms with E-state index in [1.165, 1.54) is 51.4 Å². The molecule has 0 saturated carbocycles. The minimum absolute atomic E-state index is 0.773. The van der Waals surface area contributed by atoms with Gasteiger partial charge < -0.3 is 4.90 Å². The Morgan fingerprint density at radius 2 is 2.00 bits per heavy atom. The number of fused-ring (bicyclic) bond motifs is 1. The van der Waals surface area contributed by atoms with Crippen LogP contribution in [-0.4, -0.2) is 24.0 Å². The second-order valence-corrected chi connectivity index (χ2v) is 5.70. The van der Waals surface area contributed by atoms with Crippen LogP contribution in [0.15, 0.2) is 0 Å². The van der Waals surface area contributed by atoms with Crippen LogP contribution in [-0.2, 0) is 0 Å². The molecule has 2 aliphatic rings. The van der Waals surface area contributed by atoms with E-state index < -0.39 is 0 Å². The zero-order valence-electron chi connectivity index (χ0n) is 9.97. The monoisotopic (exact) mass is 230 g/mol. The Bertz CT molecular complexity index is 195. The van der Waals surface area contributed by atoms with Gasteiger partial charge in [0.2, 0.25) is 0 Å². The lowest BCUT2D eigenvalue weighted by atomic mass is 9.97. The van der Waals surface area contributed by atoms with Crippen molar-refractivity contribution < 1.29 is 4.90 Å². The van der Waals surface area contributed by atoms with E-state index in [-0.39, 0.29) is 0 Å². The van der Waals surface area contributed by atoms with Crippen molar-refractivity contribution in [3.05, 3.63) is 0 Å². The number of nitrogens with one attached hydrogen (secondary N) is 1. The average Bonchev–Trinajstić information content (AvgIpc) is 2.69. The highest BCUT2D eigenvalue weighted by atomic mass is 35.5. The Morgan fingerprint density at radius 3 is 2.73 bits per heavy atom. The van der Waals surface area contributed by atoms with Crippen molar-refractivity contribution in [2.75, 3.05) is 5.88 Å². The molecule has 2 aliphatic heterocycles. The molecule has 1 N–H and O–H groups in total. The maximum absolute atomic E-state index is 6.13. The number of piperidine rings is 1. The molecule has 88 valence electrons. The molecule has 2 saturated heterocycles. The van der Waals surface area contributed by atoms with Gasteiger partial charge in [-0.1, -0.05) is 13.3 Å². The van der Waals surface area contributed by atoms with Gasteiger partial charge in [-0.3, -0.25) is 0 Å². The zero-order chi connectivity index (χ0) is 10.7. The van der Waals surface area contributed by atoms with E-state index in [0.29, 0.717) is 0 Å². The lowest BCUT2D eigenvalue weighted by molar-refractivity contribution is -0.962. The highest BCUT2D eigenvalue weighted by Crippen LogP contribution is 2.22. The summed E-state index contributed by atoms with van der Waals surface area (Å²) >= 11 is 6.13. The van der Waals surface area contributed by atoms with Gasteiger partial charge in [0, 0.05) is 19.3 Å². The molecule has 0 bridgehead atoms. The summed E-state index contributed by atoms with van der Waals surface area (Å²) in [6.45, 7) is 2.30. The van der Waals surface area contributed by atoms with Gasteiger partial charge in [-0.05, 0) is 25.7 Å². The second-order valence-electron chi connectivity index (χ2n) is 5.40. The standard InChI is InChI=1S/C13H24ClN/c1-2-3-5-11-8-9-12-6-4-7-13(10-14)15(11)12/h11-13H,2-10H2,1H3/p+1/t11-,12+,13-/m1/s1. The fourth-order valence-electron chi connectivity index (χ4n) is 3.75. The summed E-state index contributed by atoms with van der Waals surface area (Å²) in [5.74, 6) is 0.883. The summed E-state index contributed by atoms with van der Waals surface area (Å²) in [5, 5.41) is 0. The molecule has 1 nitrogen and oxygen atoms in total. The highest BCUT2D eigenvalue weighted by Gasteiger charge is 2.43. The van der Waals surface area contributed by atoms with E-state index in [1.54, 1.807) is 0 Å². The molecule has 0 aliphatic carbocycles. The average molecular weight is 231 g/mol. The van der Waals surface area contributed by atoms with Gasteiger partial charge in [0.05, 0.1) is 18.0 Å². The van der Waals surface area contributed by atoms with Gasteiger partial charge in [0.15, 0.2) is 0 Å². The third-order valence-electron chi connectivity index (χ3n) is 4.48. The first kappa shape index (κ1) is 11.7. The van der Waals surface area contributed by atoms with E-state index in [0.717, 1.165) is 24.0 Å². The van der Waals surface area contributed by atoms with Crippen LogP contribution in [0.25, 0.3) is 0 Å². The molecule has 1 unspecified atom stereocenters. The Hall–Kier alpha value is 0.250. The van der Waals surface area contributed by atoms with E-state index in [9.17, 15) is 0 Å².